The van der Waals surface area contributed by atoms with Crippen LogP contribution in [0, 0.1) is 5.92 Å². The Hall–Kier alpha value is -3.43. The Morgan fingerprint density at radius 2 is 1.64 bits per heavy atom. The van der Waals surface area contributed by atoms with Crippen molar-refractivity contribution in [3.63, 3.8) is 0 Å². The van der Waals surface area contributed by atoms with Crippen LogP contribution in [-0.2, 0) is 25.8 Å². The van der Waals surface area contributed by atoms with E-state index in [1.54, 1.807) is 38.1 Å². The second-order valence-electron chi connectivity index (χ2n) is 11.5. The lowest BCUT2D eigenvalue weighted by Crippen LogP contribution is -2.54. The summed E-state index contributed by atoms with van der Waals surface area (Å²) in [6, 6.07) is 4.16. The average molecular weight is 786 g/mol. The molecule has 6 amide bonds. The van der Waals surface area contributed by atoms with Gasteiger partial charge in [0, 0.05) is 47.1 Å². The minimum Gasteiger partial charge on any atom is -0.392 e. The highest BCUT2D eigenvalue weighted by Crippen LogP contribution is 2.15. The fourth-order valence-electron chi connectivity index (χ4n) is 4.72. The van der Waals surface area contributed by atoms with Crippen LogP contribution in [0.4, 0.5) is 10.5 Å². The Labute approximate surface area is 293 Å². The number of amides is 6. The number of anilines is 1. The van der Waals surface area contributed by atoms with E-state index in [9.17, 15) is 29.1 Å². The summed E-state index contributed by atoms with van der Waals surface area (Å²) in [6.07, 6.45) is 6.47. The molecule has 1 aromatic rings. The quantitative estimate of drug-likeness (QED) is 0.0733. The molecule has 1 aromatic carbocycles. The summed E-state index contributed by atoms with van der Waals surface area (Å²) >= 11 is 6.86. The number of alkyl halides is 2. The topological polar surface area (TPSA) is 204 Å². The number of hydrogen-bond acceptors (Lipinski definition) is 7. The maximum atomic E-state index is 13.3. The van der Waals surface area contributed by atoms with Crippen LogP contribution in [0.1, 0.15) is 57.9 Å². The molecule has 260 valence electrons. The number of halogens is 2. The molecule has 2 rings (SSSR count). The van der Waals surface area contributed by atoms with Crippen LogP contribution in [0.3, 0.4) is 0 Å². The zero-order valence-corrected chi connectivity index (χ0v) is 30.0. The van der Waals surface area contributed by atoms with Crippen LogP contribution in [0.2, 0.25) is 0 Å². The van der Waals surface area contributed by atoms with Gasteiger partial charge in [-0.2, -0.15) is 0 Å². The second-order valence-corrected chi connectivity index (χ2v) is 12.7. The third kappa shape index (κ3) is 14.9. The van der Waals surface area contributed by atoms with Gasteiger partial charge in [-0.25, -0.2) is 4.79 Å². The summed E-state index contributed by atoms with van der Waals surface area (Å²) < 4.78 is 0. The standard InChI is InChI=1S/C32H47Br2N7O6/c1-20(2)28(41-27(43)8-4-3-5-13-36-29(44)22-15-24(17-33)38-25(16-22)18-34)31(46)40-26(7-6-14-37-32(35)47)30(45)39-23-11-9-21(19-42)10-12-23/h9-12,15-16,20,24,26,28,38,42H,3-8,13-14,17-19H2,1-2H3,(H,36,44)(H,39,45)(H,40,46)(H,41,43)(H3,35,37,47)/t24?,26-,28-/m0/s1. The van der Waals surface area contributed by atoms with Crippen molar-refractivity contribution in [2.24, 2.45) is 11.7 Å². The third-order valence-corrected chi connectivity index (χ3v) is 8.59. The molecule has 0 spiro atoms. The van der Waals surface area contributed by atoms with E-state index in [1.807, 2.05) is 12.2 Å². The first-order chi connectivity index (χ1) is 22.5. The van der Waals surface area contributed by atoms with Crippen molar-refractivity contribution < 1.29 is 29.1 Å². The zero-order chi connectivity index (χ0) is 34.8. The number of aliphatic hydroxyl groups excluding tert-OH is 1. The van der Waals surface area contributed by atoms with Gasteiger partial charge < -0.3 is 42.7 Å². The smallest absolute Gasteiger partial charge is 0.312 e. The van der Waals surface area contributed by atoms with Gasteiger partial charge in [-0.3, -0.25) is 19.2 Å². The van der Waals surface area contributed by atoms with E-state index >= 15 is 0 Å². The van der Waals surface area contributed by atoms with E-state index < -0.39 is 29.9 Å². The fourth-order valence-corrected chi connectivity index (χ4v) is 5.39. The van der Waals surface area contributed by atoms with Gasteiger partial charge in [0.05, 0.1) is 12.6 Å². The summed E-state index contributed by atoms with van der Waals surface area (Å²) in [7, 11) is 0. The normalized spacial score (nSPS) is 15.3. The van der Waals surface area contributed by atoms with Gasteiger partial charge in [0.25, 0.3) is 5.91 Å². The maximum absolute atomic E-state index is 13.3. The molecule has 0 bridgehead atoms. The molecule has 15 heteroatoms. The number of allylic oxidation sites excluding steroid dienone is 1. The van der Waals surface area contributed by atoms with E-state index in [0.717, 1.165) is 5.70 Å². The van der Waals surface area contributed by atoms with Crippen LogP contribution in [-0.4, -0.2) is 76.6 Å². The Morgan fingerprint density at radius 1 is 0.936 bits per heavy atom. The highest BCUT2D eigenvalue weighted by molar-refractivity contribution is 9.09. The van der Waals surface area contributed by atoms with Crippen molar-refractivity contribution in [3.05, 3.63) is 53.3 Å². The predicted molar refractivity (Wildman–Crippen MR) is 189 cm³/mol. The monoisotopic (exact) mass is 783 g/mol. The average Bonchev–Trinajstić information content (AvgIpc) is 3.05. The summed E-state index contributed by atoms with van der Waals surface area (Å²) in [5, 5.41) is 27.6. The van der Waals surface area contributed by atoms with Crippen molar-refractivity contribution in [3.8, 4) is 0 Å². The van der Waals surface area contributed by atoms with Crippen LogP contribution in [0.25, 0.3) is 0 Å². The summed E-state index contributed by atoms with van der Waals surface area (Å²) in [6.45, 7) is 4.16. The molecule has 0 radical (unpaired) electrons. The van der Waals surface area contributed by atoms with Gasteiger partial charge in [-0.1, -0.05) is 64.3 Å². The number of unbranched alkanes of at least 4 members (excludes halogenated alkanes) is 2. The second kappa shape index (κ2) is 21.4. The summed E-state index contributed by atoms with van der Waals surface area (Å²) in [4.78, 5) is 62.9. The molecule has 0 saturated carbocycles. The minimum atomic E-state index is -0.949. The number of carbonyl (C=O) groups is 5. The van der Waals surface area contributed by atoms with E-state index in [0.29, 0.717) is 59.7 Å². The van der Waals surface area contributed by atoms with Crippen LogP contribution < -0.4 is 37.6 Å². The number of aliphatic hydroxyl groups is 1. The minimum absolute atomic E-state index is 0.0353. The number of nitrogens with one attached hydrogen (secondary N) is 6. The lowest BCUT2D eigenvalue weighted by molar-refractivity contribution is -0.132. The fraction of sp³-hybridized carbons (Fsp3) is 0.531. The first kappa shape index (κ1) is 39.7. The van der Waals surface area contributed by atoms with Crippen LogP contribution in [0.5, 0.6) is 0 Å². The van der Waals surface area contributed by atoms with Gasteiger partial charge in [0.1, 0.15) is 12.1 Å². The number of nitrogens with two attached hydrogens (primary N) is 1. The molecule has 47 heavy (non-hydrogen) atoms. The van der Waals surface area contributed by atoms with Gasteiger partial charge in [0.2, 0.25) is 17.7 Å². The molecule has 1 aliphatic rings. The number of urea groups is 1. The van der Waals surface area contributed by atoms with E-state index in [2.05, 4.69) is 63.8 Å². The number of benzene rings is 1. The van der Waals surface area contributed by atoms with Crippen molar-refractivity contribution >= 4 is 67.2 Å². The van der Waals surface area contributed by atoms with E-state index in [4.69, 9.17) is 5.73 Å². The molecule has 1 aliphatic heterocycles. The Balaban J connectivity index is 1.86. The third-order valence-electron chi connectivity index (χ3n) is 7.29. The Kier molecular flexibility index (Phi) is 18.1. The van der Waals surface area contributed by atoms with Gasteiger partial charge in [-0.15, -0.1) is 0 Å². The SMILES string of the molecule is CC(C)[C@H](NC(=O)CCCCCNC(=O)C1=CC(CBr)NC(CBr)=C1)C(=O)N[C@@H](CCCNC(N)=O)C(=O)Nc1ccc(CO)cc1. The van der Waals surface area contributed by atoms with Gasteiger partial charge in [-0.05, 0) is 61.4 Å². The summed E-state index contributed by atoms with van der Waals surface area (Å²) in [5.74, 6) is -1.65. The van der Waals surface area contributed by atoms with Gasteiger partial charge in [0.15, 0.2) is 0 Å². The molecule has 9 N–H and O–H groups in total. The number of carbonyl (C=O) groups excluding carboxylic acids is 5. The van der Waals surface area contributed by atoms with Crippen molar-refractivity contribution in [2.75, 3.05) is 29.1 Å². The number of dihydropyridines is 1. The molecule has 0 fully saturated rings. The highest BCUT2D eigenvalue weighted by atomic mass is 79.9. The Morgan fingerprint density at radius 3 is 2.26 bits per heavy atom. The van der Waals surface area contributed by atoms with E-state index in [1.165, 1.54) is 0 Å². The molecule has 1 heterocycles. The van der Waals surface area contributed by atoms with Crippen molar-refractivity contribution in [1.82, 2.24) is 26.6 Å². The predicted octanol–water partition coefficient (Wildman–Crippen LogP) is 2.44. The molecule has 0 aliphatic carbocycles. The zero-order valence-electron chi connectivity index (χ0n) is 26.9. The number of rotatable bonds is 20. The van der Waals surface area contributed by atoms with Gasteiger partial charge >= 0.3 is 6.03 Å². The molecular formula is C32H47Br2N7O6. The molecule has 0 aromatic heterocycles. The Bertz CT molecular complexity index is 1270. The lowest BCUT2D eigenvalue weighted by atomic mass is 10.0. The highest BCUT2D eigenvalue weighted by Gasteiger charge is 2.29. The maximum Gasteiger partial charge on any atom is 0.312 e. The lowest BCUT2D eigenvalue weighted by Gasteiger charge is -2.25. The van der Waals surface area contributed by atoms with E-state index in [-0.39, 0.29) is 49.8 Å². The first-order valence-electron chi connectivity index (χ1n) is 15.7. The molecular weight excluding hydrogens is 738 g/mol. The summed E-state index contributed by atoms with van der Waals surface area (Å²) in [5.41, 5.74) is 7.84. The molecule has 13 nitrogen and oxygen atoms in total. The number of hydrogen-bond donors (Lipinski definition) is 8. The van der Waals surface area contributed by atoms with Crippen molar-refractivity contribution in [1.29, 1.82) is 0 Å². The first-order valence-corrected chi connectivity index (χ1v) is 17.9. The van der Waals surface area contributed by atoms with Crippen LogP contribution in [0.15, 0.2) is 47.7 Å². The largest absolute Gasteiger partial charge is 0.392 e. The molecule has 3 atom stereocenters. The number of primary amides is 1. The van der Waals surface area contributed by atoms with Crippen LogP contribution >= 0.6 is 31.9 Å². The van der Waals surface area contributed by atoms with Crippen molar-refractivity contribution in [2.45, 2.75) is 77.1 Å². The molecule has 0 saturated heterocycles. The molecule has 1 unspecified atom stereocenters.